The fourth-order valence-corrected chi connectivity index (χ4v) is 3.91. The average Bonchev–Trinajstić information content (AvgIpc) is 3.15. The molecule has 2 aromatic rings. The van der Waals surface area contributed by atoms with Crippen LogP contribution in [0.3, 0.4) is 0 Å². The van der Waals surface area contributed by atoms with Crippen LogP contribution in [0.4, 0.5) is 0 Å². The van der Waals surface area contributed by atoms with Crippen LogP contribution >= 0.6 is 0 Å². The first-order valence-corrected chi connectivity index (χ1v) is 8.36. The number of fused-ring (bicyclic) bond motifs is 1. The second-order valence-electron chi connectivity index (χ2n) is 6.62. The van der Waals surface area contributed by atoms with E-state index in [4.69, 9.17) is 9.26 Å². The van der Waals surface area contributed by atoms with E-state index < -0.39 is 0 Å². The van der Waals surface area contributed by atoms with Crippen LogP contribution < -0.4 is 5.56 Å². The van der Waals surface area contributed by atoms with Crippen molar-refractivity contribution in [1.82, 2.24) is 14.7 Å². The van der Waals surface area contributed by atoms with Gasteiger partial charge in [-0.1, -0.05) is 31.0 Å². The molecule has 2 aliphatic rings. The Morgan fingerprint density at radius 1 is 1.30 bits per heavy atom. The number of ether oxygens (including phenoxy) is 1. The lowest BCUT2D eigenvalue weighted by Gasteiger charge is -2.25. The SMILES string of the molecule is C[C@H]1[C@H]2CCCC[C@H]2O[C@H]1c1nc(Cn2ccccc2=O)no1. The first-order chi connectivity index (χ1) is 11.2. The zero-order chi connectivity index (χ0) is 15.8. The molecule has 4 atom stereocenters. The minimum absolute atomic E-state index is 0.0737. The van der Waals surface area contributed by atoms with Crippen LogP contribution in [-0.4, -0.2) is 20.8 Å². The maximum atomic E-state index is 11.8. The Hall–Kier alpha value is -1.95. The molecule has 0 amide bonds. The summed E-state index contributed by atoms with van der Waals surface area (Å²) in [5, 5.41) is 4.02. The second kappa shape index (κ2) is 5.92. The highest BCUT2D eigenvalue weighted by Crippen LogP contribution is 2.47. The third-order valence-corrected chi connectivity index (χ3v) is 5.17. The quantitative estimate of drug-likeness (QED) is 0.870. The number of nitrogens with zero attached hydrogens (tertiary/aromatic N) is 3. The molecule has 1 saturated carbocycles. The van der Waals surface area contributed by atoms with E-state index in [-0.39, 0.29) is 11.7 Å². The van der Waals surface area contributed by atoms with Crippen molar-refractivity contribution in [2.45, 2.75) is 51.4 Å². The Balaban J connectivity index is 1.52. The third-order valence-electron chi connectivity index (χ3n) is 5.17. The molecule has 6 nitrogen and oxygen atoms in total. The van der Waals surface area contributed by atoms with E-state index in [1.54, 1.807) is 16.8 Å². The van der Waals surface area contributed by atoms with Gasteiger partial charge >= 0.3 is 0 Å². The topological polar surface area (TPSA) is 70.2 Å². The number of hydrogen-bond donors (Lipinski definition) is 0. The smallest absolute Gasteiger partial charge is 0.256 e. The molecule has 6 heteroatoms. The van der Waals surface area contributed by atoms with Gasteiger partial charge in [0.05, 0.1) is 12.6 Å². The molecule has 23 heavy (non-hydrogen) atoms. The van der Waals surface area contributed by atoms with Crippen LogP contribution in [0.25, 0.3) is 0 Å². The molecule has 0 spiro atoms. The highest BCUT2D eigenvalue weighted by Gasteiger charge is 2.45. The van der Waals surface area contributed by atoms with Gasteiger partial charge in [0.15, 0.2) is 5.82 Å². The van der Waals surface area contributed by atoms with Crippen molar-refractivity contribution >= 4 is 0 Å². The highest BCUT2D eigenvalue weighted by atomic mass is 16.5. The highest BCUT2D eigenvalue weighted by molar-refractivity contribution is 5.01. The monoisotopic (exact) mass is 315 g/mol. The lowest BCUT2D eigenvalue weighted by atomic mass is 9.79. The molecule has 3 heterocycles. The maximum Gasteiger partial charge on any atom is 0.256 e. The molecule has 0 unspecified atom stereocenters. The van der Waals surface area contributed by atoms with Gasteiger partial charge in [0.1, 0.15) is 6.10 Å². The Labute approximate surface area is 134 Å². The van der Waals surface area contributed by atoms with Crippen molar-refractivity contribution in [3.63, 3.8) is 0 Å². The standard InChI is InChI=1S/C17H21N3O3/c1-11-12-6-2-3-7-13(12)22-16(11)17-18-14(19-23-17)10-20-9-5-4-8-15(20)21/h4-5,8-9,11-13,16H,2-3,6-7,10H2,1H3/t11-,12+,13+,16+/m0/s1. The van der Waals surface area contributed by atoms with E-state index in [9.17, 15) is 4.79 Å². The van der Waals surface area contributed by atoms with Crippen molar-refractivity contribution in [3.05, 3.63) is 46.5 Å². The molecule has 2 aromatic heterocycles. The lowest BCUT2D eigenvalue weighted by molar-refractivity contribution is 0.000524. The van der Waals surface area contributed by atoms with Gasteiger partial charge in [-0.15, -0.1) is 0 Å². The Morgan fingerprint density at radius 3 is 3.00 bits per heavy atom. The van der Waals surface area contributed by atoms with E-state index in [1.807, 2.05) is 6.07 Å². The van der Waals surface area contributed by atoms with Crippen LogP contribution in [0.1, 0.15) is 50.4 Å². The molecule has 122 valence electrons. The normalized spacial score (nSPS) is 30.3. The van der Waals surface area contributed by atoms with Crippen molar-refractivity contribution in [1.29, 1.82) is 0 Å². The number of pyridine rings is 1. The predicted octanol–water partition coefficient (Wildman–Crippen LogP) is 2.55. The van der Waals surface area contributed by atoms with Gasteiger partial charge in [0.25, 0.3) is 11.4 Å². The number of hydrogen-bond acceptors (Lipinski definition) is 5. The van der Waals surface area contributed by atoms with Crippen molar-refractivity contribution in [2.75, 3.05) is 0 Å². The zero-order valence-electron chi connectivity index (χ0n) is 13.2. The van der Waals surface area contributed by atoms with Gasteiger partial charge in [-0.2, -0.15) is 4.98 Å². The maximum absolute atomic E-state index is 11.8. The fourth-order valence-electron chi connectivity index (χ4n) is 3.91. The fraction of sp³-hybridized carbons (Fsp3) is 0.588. The minimum Gasteiger partial charge on any atom is -0.365 e. The number of rotatable bonds is 3. The summed E-state index contributed by atoms with van der Waals surface area (Å²) in [6.45, 7) is 2.53. The van der Waals surface area contributed by atoms with E-state index in [1.165, 1.54) is 25.3 Å². The van der Waals surface area contributed by atoms with Gasteiger partial charge in [-0.05, 0) is 30.7 Å². The van der Waals surface area contributed by atoms with E-state index in [0.717, 1.165) is 6.42 Å². The molecule has 4 rings (SSSR count). The summed E-state index contributed by atoms with van der Waals surface area (Å²) in [7, 11) is 0. The van der Waals surface area contributed by atoms with Crippen LogP contribution in [0.2, 0.25) is 0 Å². The predicted molar refractivity (Wildman–Crippen MR) is 82.8 cm³/mol. The molecule has 0 bridgehead atoms. The molecule has 1 aliphatic heterocycles. The second-order valence-corrected chi connectivity index (χ2v) is 6.62. The van der Waals surface area contributed by atoms with Crippen molar-refractivity contribution < 1.29 is 9.26 Å². The summed E-state index contributed by atoms with van der Waals surface area (Å²) < 4.78 is 13.2. The van der Waals surface area contributed by atoms with Crippen molar-refractivity contribution in [3.8, 4) is 0 Å². The molecule has 1 saturated heterocycles. The lowest BCUT2D eigenvalue weighted by Crippen LogP contribution is -2.23. The zero-order valence-corrected chi connectivity index (χ0v) is 13.2. The summed E-state index contributed by atoms with van der Waals surface area (Å²) in [4.78, 5) is 16.2. The summed E-state index contributed by atoms with van der Waals surface area (Å²) in [5.41, 5.74) is -0.0737. The molecular weight excluding hydrogens is 294 g/mol. The third kappa shape index (κ3) is 2.72. The summed E-state index contributed by atoms with van der Waals surface area (Å²) in [5.74, 6) is 2.05. The van der Waals surface area contributed by atoms with Gasteiger partial charge in [0.2, 0.25) is 0 Å². The Bertz CT molecular complexity index is 738. The van der Waals surface area contributed by atoms with Crippen LogP contribution in [0, 0.1) is 11.8 Å². The molecule has 1 aliphatic carbocycles. The first kappa shape index (κ1) is 14.6. The van der Waals surface area contributed by atoms with Gasteiger partial charge < -0.3 is 13.8 Å². The van der Waals surface area contributed by atoms with Crippen LogP contribution in [0.5, 0.6) is 0 Å². The van der Waals surface area contributed by atoms with Gasteiger partial charge in [0, 0.05) is 12.3 Å². The Kier molecular flexibility index (Phi) is 3.77. The van der Waals surface area contributed by atoms with Gasteiger partial charge in [-0.3, -0.25) is 4.79 Å². The van der Waals surface area contributed by atoms with Crippen LogP contribution in [-0.2, 0) is 11.3 Å². The summed E-state index contributed by atoms with van der Waals surface area (Å²) >= 11 is 0. The minimum atomic E-state index is -0.114. The molecule has 2 fully saturated rings. The molecular formula is C17H21N3O3. The molecule has 0 N–H and O–H groups in total. The van der Waals surface area contributed by atoms with E-state index in [2.05, 4.69) is 17.1 Å². The summed E-state index contributed by atoms with van der Waals surface area (Å²) in [6.07, 6.45) is 6.82. The van der Waals surface area contributed by atoms with E-state index >= 15 is 0 Å². The first-order valence-electron chi connectivity index (χ1n) is 8.36. The van der Waals surface area contributed by atoms with Crippen LogP contribution in [0.15, 0.2) is 33.7 Å². The Morgan fingerprint density at radius 2 is 2.17 bits per heavy atom. The van der Waals surface area contributed by atoms with Crippen molar-refractivity contribution in [2.24, 2.45) is 11.8 Å². The summed E-state index contributed by atoms with van der Waals surface area (Å²) in [6, 6.07) is 5.05. The largest absolute Gasteiger partial charge is 0.365 e. The number of aromatic nitrogens is 3. The van der Waals surface area contributed by atoms with Gasteiger partial charge in [-0.25, -0.2) is 0 Å². The average molecular weight is 315 g/mol. The van der Waals surface area contributed by atoms with E-state index in [0.29, 0.717) is 36.2 Å². The molecule has 0 radical (unpaired) electrons. The molecule has 0 aromatic carbocycles.